The van der Waals surface area contributed by atoms with Crippen molar-refractivity contribution in [3.05, 3.63) is 71.0 Å². The molecule has 168 valence electrons. The minimum Gasteiger partial charge on any atom is -0.379 e. The highest BCUT2D eigenvalue weighted by Gasteiger charge is 2.23. The molecule has 1 heterocycles. The quantitative estimate of drug-likeness (QED) is 0.609. The third-order valence-corrected chi connectivity index (χ3v) is 5.92. The largest absolute Gasteiger partial charge is 0.379 e. The summed E-state index contributed by atoms with van der Waals surface area (Å²) in [6, 6.07) is 13.4. The van der Waals surface area contributed by atoms with Gasteiger partial charge in [-0.2, -0.15) is 0 Å². The van der Waals surface area contributed by atoms with E-state index in [1.807, 2.05) is 12.1 Å². The highest BCUT2D eigenvalue weighted by Crippen LogP contribution is 2.22. The summed E-state index contributed by atoms with van der Waals surface area (Å²) < 4.78 is 43.5. The lowest BCUT2D eigenvalue weighted by Gasteiger charge is -2.35. The van der Waals surface area contributed by atoms with Crippen LogP contribution in [0.1, 0.15) is 27.5 Å². The van der Waals surface area contributed by atoms with Gasteiger partial charge in [0.15, 0.2) is 0 Å². The summed E-state index contributed by atoms with van der Waals surface area (Å²) in [6.07, 6.45) is 1.66. The van der Waals surface area contributed by atoms with Gasteiger partial charge in [0.2, 0.25) is 10.0 Å². The number of carbonyl (C=O) groups excluding carboxylic acids is 1. The first-order chi connectivity index (χ1) is 14.8. The first-order valence-corrected chi connectivity index (χ1v) is 12.1. The summed E-state index contributed by atoms with van der Waals surface area (Å²) in [5, 5.41) is 2.99. The van der Waals surface area contributed by atoms with Crippen molar-refractivity contribution in [2.45, 2.75) is 12.5 Å². The number of amides is 1. The molecule has 1 saturated heterocycles. The number of hydrogen-bond acceptors (Lipinski definition) is 5. The molecule has 1 aliphatic rings. The van der Waals surface area contributed by atoms with Gasteiger partial charge in [0.1, 0.15) is 5.82 Å². The monoisotopic (exact) mass is 449 g/mol. The minimum atomic E-state index is -3.21. The van der Waals surface area contributed by atoms with Crippen molar-refractivity contribution >= 4 is 15.9 Å². The second-order valence-corrected chi connectivity index (χ2v) is 9.37. The number of hydrogen-bond donors (Lipinski definition) is 2. The zero-order valence-electron chi connectivity index (χ0n) is 17.5. The van der Waals surface area contributed by atoms with Crippen molar-refractivity contribution in [3.63, 3.8) is 0 Å². The predicted octanol–water partition coefficient (Wildman–Crippen LogP) is 1.72. The van der Waals surface area contributed by atoms with E-state index in [0.29, 0.717) is 38.3 Å². The molecule has 31 heavy (non-hydrogen) atoms. The average Bonchev–Trinajstić information content (AvgIpc) is 2.75. The van der Waals surface area contributed by atoms with Crippen LogP contribution in [0.25, 0.3) is 0 Å². The first kappa shape index (κ1) is 23.3. The second kappa shape index (κ2) is 10.8. The Labute approximate surface area is 182 Å². The fourth-order valence-corrected chi connectivity index (χ4v) is 4.00. The number of nitrogens with zero attached hydrogens (tertiary/aromatic N) is 1. The maximum absolute atomic E-state index is 13.4. The van der Waals surface area contributed by atoms with Crippen molar-refractivity contribution in [2.75, 3.05) is 45.6 Å². The summed E-state index contributed by atoms with van der Waals surface area (Å²) >= 11 is 0. The Morgan fingerprint density at radius 2 is 1.74 bits per heavy atom. The maximum atomic E-state index is 13.4. The van der Waals surface area contributed by atoms with Crippen LogP contribution in [-0.4, -0.2) is 64.9 Å². The molecule has 0 spiro atoms. The molecule has 1 fully saturated rings. The molecule has 0 aromatic heterocycles. The van der Waals surface area contributed by atoms with E-state index in [1.54, 1.807) is 24.3 Å². The summed E-state index contributed by atoms with van der Waals surface area (Å²) in [5.74, 6) is -0.485. The van der Waals surface area contributed by atoms with E-state index in [1.165, 1.54) is 12.1 Å². The SMILES string of the molecule is CS(=O)(=O)NCCc1ccc(C(=O)NC[C@H](c2ccc(F)cc2)N2CCOCC2)cc1. The Bertz CT molecular complexity index is 959. The third-order valence-electron chi connectivity index (χ3n) is 5.19. The van der Waals surface area contributed by atoms with E-state index >= 15 is 0 Å². The summed E-state index contributed by atoms with van der Waals surface area (Å²) in [4.78, 5) is 14.9. The Hall–Kier alpha value is -2.33. The van der Waals surface area contributed by atoms with Crippen LogP contribution in [0.15, 0.2) is 48.5 Å². The molecule has 0 saturated carbocycles. The molecule has 3 rings (SSSR count). The van der Waals surface area contributed by atoms with Gasteiger partial charge >= 0.3 is 0 Å². The molecular weight excluding hydrogens is 421 g/mol. The average molecular weight is 450 g/mol. The number of halogens is 1. The van der Waals surface area contributed by atoms with Crippen LogP contribution in [0, 0.1) is 5.82 Å². The van der Waals surface area contributed by atoms with Crippen LogP contribution in [0.4, 0.5) is 4.39 Å². The molecule has 1 aliphatic heterocycles. The molecule has 2 N–H and O–H groups in total. The molecule has 0 bridgehead atoms. The highest BCUT2D eigenvalue weighted by atomic mass is 32.2. The van der Waals surface area contributed by atoms with E-state index in [2.05, 4.69) is 14.9 Å². The lowest BCUT2D eigenvalue weighted by molar-refractivity contribution is 0.0162. The Kier molecular flexibility index (Phi) is 8.14. The number of rotatable bonds is 9. The van der Waals surface area contributed by atoms with Crippen molar-refractivity contribution in [2.24, 2.45) is 0 Å². The van der Waals surface area contributed by atoms with E-state index in [-0.39, 0.29) is 17.8 Å². The van der Waals surface area contributed by atoms with Gasteiger partial charge in [-0.15, -0.1) is 0 Å². The number of morpholine rings is 1. The van der Waals surface area contributed by atoms with Gasteiger partial charge in [0.25, 0.3) is 5.91 Å². The van der Waals surface area contributed by atoms with Crippen molar-refractivity contribution in [1.82, 2.24) is 14.9 Å². The predicted molar refractivity (Wildman–Crippen MR) is 117 cm³/mol. The molecule has 0 unspecified atom stereocenters. The third kappa shape index (κ3) is 7.39. The molecule has 0 radical (unpaired) electrons. The van der Waals surface area contributed by atoms with Crippen LogP contribution in [0.2, 0.25) is 0 Å². The smallest absolute Gasteiger partial charge is 0.251 e. The topological polar surface area (TPSA) is 87.7 Å². The molecule has 1 atom stereocenters. The molecule has 2 aromatic carbocycles. The van der Waals surface area contributed by atoms with Gasteiger partial charge in [0, 0.05) is 31.7 Å². The van der Waals surface area contributed by atoms with E-state index in [9.17, 15) is 17.6 Å². The van der Waals surface area contributed by atoms with Crippen LogP contribution < -0.4 is 10.0 Å². The maximum Gasteiger partial charge on any atom is 0.251 e. The lowest BCUT2D eigenvalue weighted by atomic mass is 10.0. The van der Waals surface area contributed by atoms with Crippen molar-refractivity contribution < 1.29 is 22.3 Å². The fourth-order valence-electron chi connectivity index (χ4n) is 3.53. The lowest BCUT2D eigenvalue weighted by Crippen LogP contribution is -2.43. The Morgan fingerprint density at radius 3 is 2.35 bits per heavy atom. The van der Waals surface area contributed by atoms with Crippen molar-refractivity contribution in [3.8, 4) is 0 Å². The molecule has 1 amide bonds. The number of nitrogens with one attached hydrogen (secondary N) is 2. The minimum absolute atomic E-state index is 0.0743. The van der Waals surface area contributed by atoms with Crippen LogP contribution >= 0.6 is 0 Å². The van der Waals surface area contributed by atoms with Crippen molar-refractivity contribution in [1.29, 1.82) is 0 Å². The summed E-state index contributed by atoms with van der Waals surface area (Å²) in [7, 11) is -3.21. The van der Waals surface area contributed by atoms with E-state index in [4.69, 9.17) is 4.74 Å². The van der Waals surface area contributed by atoms with E-state index < -0.39 is 10.0 Å². The standard InChI is InChI=1S/C22H28FN3O4S/c1-31(28,29)25-11-10-17-2-4-19(5-3-17)22(27)24-16-21(26-12-14-30-15-13-26)18-6-8-20(23)9-7-18/h2-9,21,25H,10-16H2,1H3,(H,24,27)/t21-/m1/s1. The molecule has 9 heteroatoms. The number of carbonyl (C=O) groups is 1. The summed E-state index contributed by atoms with van der Waals surface area (Å²) in [6.45, 7) is 3.44. The summed E-state index contributed by atoms with van der Waals surface area (Å²) in [5.41, 5.74) is 2.40. The van der Waals surface area contributed by atoms with Gasteiger partial charge < -0.3 is 10.1 Å². The van der Waals surface area contributed by atoms with Crippen LogP contribution in [-0.2, 0) is 21.2 Å². The van der Waals surface area contributed by atoms with E-state index in [0.717, 1.165) is 30.5 Å². The van der Waals surface area contributed by atoms with Gasteiger partial charge in [-0.05, 0) is 41.8 Å². The number of sulfonamides is 1. The Morgan fingerprint density at radius 1 is 1.10 bits per heavy atom. The van der Waals surface area contributed by atoms with Crippen LogP contribution in [0.3, 0.4) is 0 Å². The Balaban J connectivity index is 1.60. The zero-order valence-corrected chi connectivity index (χ0v) is 18.3. The number of benzene rings is 2. The molecule has 2 aromatic rings. The van der Waals surface area contributed by atoms with Gasteiger partial charge in [-0.3, -0.25) is 9.69 Å². The highest BCUT2D eigenvalue weighted by molar-refractivity contribution is 7.88. The van der Waals surface area contributed by atoms with Gasteiger partial charge in [0.05, 0.1) is 25.5 Å². The van der Waals surface area contributed by atoms with Crippen LogP contribution in [0.5, 0.6) is 0 Å². The number of ether oxygens (including phenoxy) is 1. The normalized spacial score (nSPS) is 16.1. The van der Waals surface area contributed by atoms with Gasteiger partial charge in [-0.1, -0.05) is 24.3 Å². The molecular formula is C22H28FN3O4S. The fraction of sp³-hybridized carbons (Fsp3) is 0.409. The molecule has 0 aliphatic carbocycles. The second-order valence-electron chi connectivity index (χ2n) is 7.54. The molecule has 7 nitrogen and oxygen atoms in total. The first-order valence-electron chi connectivity index (χ1n) is 10.2. The van der Waals surface area contributed by atoms with Gasteiger partial charge in [-0.25, -0.2) is 17.5 Å². The zero-order chi connectivity index (χ0) is 22.3.